The standard InChI is InChI=1S/C14H15BrN2O2/c15-11-4-10(13-7-14(16)19-17-13)5-12(6-11)18-8-9-2-1-3-9/h4-7,9H,1-3,8,16H2. The van der Waals surface area contributed by atoms with E-state index in [2.05, 4.69) is 21.1 Å². The quantitative estimate of drug-likeness (QED) is 0.928. The first-order chi connectivity index (χ1) is 9.20. The van der Waals surface area contributed by atoms with Crippen LogP contribution in [-0.4, -0.2) is 11.8 Å². The maximum atomic E-state index is 5.84. The largest absolute Gasteiger partial charge is 0.493 e. The molecule has 19 heavy (non-hydrogen) atoms. The lowest BCUT2D eigenvalue weighted by atomic mass is 9.86. The molecule has 1 aliphatic carbocycles. The molecule has 1 aromatic carbocycles. The first kappa shape index (κ1) is 12.5. The third-order valence-corrected chi connectivity index (χ3v) is 3.86. The minimum Gasteiger partial charge on any atom is -0.493 e. The summed E-state index contributed by atoms with van der Waals surface area (Å²) in [6.07, 6.45) is 3.89. The maximum Gasteiger partial charge on any atom is 0.222 e. The highest BCUT2D eigenvalue weighted by molar-refractivity contribution is 9.10. The van der Waals surface area contributed by atoms with Gasteiger partial charge in [-0.3, -0.25) is 0 Å². The minimum absolute atomic E-state index is 0.312. The summed E-state index contributed by atoms with van der Waals surface area (Å²) in [7, 11) is 0. The second-order valence-electron chi connectivity index (χ2n) is 4.90. The zero-order chi connectivity index (χ0) is 13.2. The number of hydrogen-bond acceptors (Lipinski definition) is 4. The molecule has 5 heteroatoms. The summed E-state index contributed by atoms with van der Waals surface area (Å²) in [5.74, 6) is 1.87. The van der Waals surface area contributed by atoms with E-state index in [9.17, 15) is 0 Å². The molecule has 1 saturated carbocycles. The van der Waals surface area contributed by atoms with E-state index < -0.39 is 0 Å². The van der Waals surface area contributed by atoms with Crippen LogP contribution in [0, 0.1) is 5.92 Å². The molecule has 0 amide bonds. The summed E-state index contributed by atoms with van der Waals surface area (Å²) in [6, 6.07) is 7.59. The van der Waals surface area contributed by atoms with Crippen LogP contribution in [0.4, 0.5) is 5.88 Å². The Hall–Kier alpha value is -1.49. The number of ether oxygens (including phenoxy) is 1. The van der Waals surface area contributed by atoms with Gasteiger partial charge in [0.1, 0.15) is 11.4 Å². The van der Waals surface area contributed by atoms with Crippen LogP contribution in [0.25, 0.3) is 11.3 Å². The van der Waals surface area contributed by atoms with Crippen molar-refractivity contribution in [3.05, 3.63) is 28.7 Å². The van der Waals surface area contributed by atoms with E-state index in [1.165, 1.54) is 19.3 Å². The van der Waals surface area contributed by atoms with Gasteiger partial charge >= 0.3 is 0 Å². The molecule has 0 spiro atoms. The predicted octanol–water partition coefficient (Wildman–Crippen LogP) is 3.87. The van der Waals surface area contributed by atoms with Crippen molar-refractivity contribution in [3.63, 3.8) is 0 Å². The number of nitrogens with zero attached hydrogens (tertiary/aromatic N) is 1. The van der Waals surface area contributed by atoms with Gasteiger partial charge < -0.3 is 15.0 Å². The monoisotopic (exact) mass is 322 g/mol. The van der Waals surface area contributed by atoms with E-state index in [-0.39, 0.29) is 0 Å². The molecule has 0 atom stereocenters. The highest BCUT2D eigenvalue weighted by Crippen LogP contribution is 2.31. The average molecular weight is 323 g/mol. The van der Waals surface area contributed by atoms with Gasteiger partial charge in [0.25, 0.3) is 0 Å². The summed E-state index contributed by atoms with van der Waals surface area (Å²) in [4.78, 5) is 0. The van der Waals surface area contributed by atoms with Gasteiger partial charge in [0, 0.05) is 16.1 Å². The van der Waals surface area contributed by atoms with Crippen LogP contribution < -0.4 is 10.5 Å². The first-order valence-corrected chi connectivity index (χ1v) is 7.16. The number of rotatable bonds is 4. The van der Waals surface area contributed by atoms with Gasteiger partial charge in [-0.25, -0.2) is 0 Å². The molecule has 100 valence electrons. The van der Waals surface area contributed by atoms with Crippen LogP contribution in [0.5, 0.6) is 5.75 Å². The predicted molar refractivity (Wildman–Crippen MR) is 76.9 cm³/mol. The van der Waals surface area contributed by atoms with Crippen molar-refractivity contribution in [2.45, 2.75) is 19.3 Å². The van der Waals surface area contributed by atoms with Crippen molar-refractivity contribution in [2.75, 3.05) is 12.3 Å². The normalized spacial score (nSPS) is 15.2. The Morgan fingerprint density at radius 3 is 2.79 bits per heavy atom. The Labute approximate surface area is 120 Å². The highest BCUT2D eigenvalue weighted by atomic mass is 79.9. The van der Waals surface area contributed by atoms with Crippen molar-refractivity contribution < 1.29 is 9.26 Å². The van der Waals surface area contributed by atoms with Gasteiger partial charge in [-0.15, -0.1) is 0 Å². The van der Waals surface area contributed by atoms with Crippen molar-refractivity contribution in [1.82, 2.24) is 5.16 Å². The van der Waals surface area contributed by atoms with Crippen LogP contribution >= 0.6 is 15.9 Å². The molecule has 0 unspecified atom stereocenters. The van der Waals surface area contributed by atoms with Gasteiger partial charge in [0.05, 0.1) is 6.61 Å². The molecule has 2 N–H and O–H groups in total. The Morgan fingerprint density at radius 2 is 2.16 bits per heavy atom. The van der Waals surface area contributed by atoms with Crippen LogP contribution in [0.3, 0.4) is 0 Å². The number of hydrogen-bond donors (Lipinski definition) is 1. The number of nitrogen functional groups attached to an aromatic ring is 1. The van der Waals surface area contributed by atoms with Gasteiger partial charge in [-0.1, -0.05) is 27.5 Å². The topological polar surface area (TPSA) is 61.3 Å². The number of benzene rings is 1. The van der Waals surface area contributed by atoms with E-state index in [0.717, 1.165) is 22.4 Å². The lowest BCUT2D eigenvalue weighted by Gasteiger charge is -2.25. The lowest BCUT2D eigenvalue weighted by molar-refractivity contribution is 0.180. The fraction of sp³-hybridized carbons (Fsp3) is 0.357. The molecular weight excluding hydrogens is 308 g/mol. The Kier molecular flexibility index (Phi) is 3.46. The third-order valence-electron chi connectivity index (χ3n) is 3.41. The molecule has 1 fully saturated rings. The second-order valence-corrected chi connectivity index (χ2v) is 5.81. The minimum atomic E-state index is 0.312. The molecule has 0 saturated heterocycles. The fourth-order valence-electron chi connectivity index (χ4n) is 2.09. The molecule has 3 rings (SSSR count). The smallest absolute Gasteiger partial charge is 0.222 e. The van der Waals surface area contributed by atoms with E-state index in [1.54, 1.807) is 6.07 Å². The van der Waals surface area contributed by atoms with E-state index in [4.69, 9.17) is 15.0 Å². The average Bonchev–Trinajstić information content (AvgIpc) is 2.73. The number of anilines is 1. The van der Waals surface area contributed by atoms with Crippen LogP contribution in [0.1, 0.15) is 19.3 Å². The molecule has 0 bridgehead atoms. The van der Waals surface area contributed by atoms with Crippen molar-refractivity contribution in [3.8, 4) is 17.0 Å². The lowest BCUT2D eigenvalue weighted by Crippen LogP contribution is -2.19. The molecular formula is C14H15BrN2O2. The third kappa shape index (κ3) is 2.92. The Balaban J connectivity index is 1.78. The van der Waals surface area contributed by atoms with E-state index >= 15 is 0 Å². The number of halogens is 1. The molecule has 4 nitrogen and oxygen atoms in total. The number of aromatic nitrogens is 1. The van der Waals surface area contributed by atoms with Crippen molar-refractivity contribution in [2.24, 2.45) is 5.92 Å². The zero-order valence-corrected chi connectivity index (χ0v) is 12.0. The zero-order valence-electron chi connectivity index (χ0n) is 10.4. The van der Waals surface area contributed by atoms with Gasteiger partial charge in [0.15, 0.2) is 0 Å². The maximum absolute atomic E-state index is 5.84. The SMILES string of the molecule is Nc1cc(-c2cc(Br)cc(OCC3CCC3)c2)no1. The van der Waals surface area contributed by atoms with Gasteiger partial charge in [-0.2, -0.15) is 0 Å². The molecule has 1 aliphatic rings. The highest BCUT2D eigenvalue weighted by Gasteiger charge is 2.18. The Bertz CT molecular complexity index is 579. The summed E-state index contributed by atoms with van der Waals surface area (Å²) < 4.78 is 11.7. The van der Waals surface area contributed by atoms with Crippen molar-refractivity contribution >= 4 is 21.8 Å². The van der Waals surface area contributed by atoms with Gasteiger partial charge in [-0.05, 0) is 37.0 Å². The molecule has 1 heterocycles. The molecule has 1 aromatic heterocycles. The summed E-state index contributed by atoms with van der Waals surface area (Å²) in [5.41, 5.74) is 7.19. The van der Waals surface area contributed by atoms with Crippen LogP contribution in [0.2, 0.25) is 0 Å². The van der Waals surface area contributed by atoms with Crippen LogP contribution in [0.15, 0.2) is 33.3 Å². The summed E-state index contributed by atoms with van der Waals surface area (Å²) in [6.45, 7) is 0.789. The second kappa shape index (κ2) is 5.25. The molecule has 2 aromatic rings. The van der Waals surface area contributed by atoms with E-state index in [1.807, 2.05) is 18.2 Å². The summed E-state index contributed by atoms with van der Waals surface area (Å²) in [5, 5.41) is 3.91. The van der Waals surface area contributed by atoms with Crippen LogP contribution in [-0.2, 0) is 0 Å². The first-order valence-electron chi connectivity index (χ1n) is 6.36. The number of nitrogens with two attached hydrogens (primary N) is 1. The summed E-state index contributed by atoms with van der Waals surface area (Å²) >= 11 is 3.49. The molecule has 0 radical (unpaired) electrons. The Morgan fingerprint density at radius 1 is 1.32 bits per heavy atom. The van der Waals surface area contributed by atoms with Crippen molar-refractivity contribution in [1.29, 1.82) is 0 Å². The van der Waals surface area contributed by atoms with Gasteiger partial charge in [0.2, 0.25) is 5.88 Å². The van der Waals surface area contributed by atoms with E-state index in [0.29, 0.717) is 17.5 Å². The molecule has 0 aliphatic heterocycles. The fourth-order valence-corrected chi connectivity index (χ4v) is 2.57.